The lowest BCUT2D eigenvalue weighted by Crippen LogP contribution is -2.14. The van der Waals surface area contributed by atoms with E-state index >= 15 is 0 Å². The SMILES string of the molecule is COc1ccc2nc(CCCl)n(C3CCS(=O)(=O)C3)c2c1. The van der Waals surface area contributed by atoms with Gasteiger partial charge in [-0.15, -0.1) is 11.6 Å². The Hall–Kier alpha value is -1.27. The highest BCUT2D eigenvalue weighted by Crippen LogP contribution is 2.31. The number of fused-ring (bicyclic) bond motifs is 1. The average molecular weight is 329 g/mol. The van der Waals surface area contributed by atoms with Gasteiger partial charge in [-0.2, -0.15) is 0 Å². The Morgan fingerprint density at radius 1 is 1.48 bits per heavy atom. The molecule has 3 rings (SSSR count). The molecule has 7 heteroatoms. The fourth-order valence-corrected chi connectivity index (χ4v) is 4.77. The monoisotopic (exact) mass is 328 g/mol. The van der Waals surface area contributed by atoms with Crippen molar-refractivity contribution in [1.82, 2.24) is 9.55 Å². The molecule has 21 heavy (non-hydrogen) atoms. The molecule has 1 atom stereocenters. The number of aromatic nitrogens is 2. The Kier molecular flexibility index (Phi) is 3.84. The first kappa shape index (κ1) is 14.7. The lowest BCUT2D eigenvalue weighted by Gasteiger charge is -2.15. The number of imidazole rings is 1. The van der Waals surface area contributed by atoms with Gasteiger partial charge in [0.2, 0.25) is 0 Å². The number of hydrogen-bond donors (Lipinski definition) is 0. The Bertz CT molecular complexity index is 770. The van der Waals surface area contributed by atoms with Crippen LogP contribution in [0.1, 0.15) is 18.3 Å². The minimum absolute atomic E-state index is 0.0645. The average Bonchev–Trinajstić information content (AvgIpc) is 2.97. The fourth-order valence-electron chi connectivity index (χ4n) is 2.90. The van der Waals surface area contributed by atoms with Crippen LogP contribution in [0.3, 0.4) is 0 Å². The molecule has 5 nitrogen and oxygen atoms in total. The fraction of sp³-hybridized carbons (Fsp3) is 0.500. The molecule has 1 saturated heterocycles. The van der Waals surface area contributed by atoms with E-state index in [1.807, 2.05) is 22.8 Å². The summed E-state index contributed by atoms with van der Waals surface area (Å²) in [5.74, 6) is 2.45. The predicted octanol–water partition coefficient (Wildman–Crippen LogP) is 2.19. The molecule has 1 aromatic carbocycles. The standard InChI is InChI=1S/C14H17ClN2O3S/c1-20-11-2-3-12-13(8-11)17(14(16-12)4-6-15)10-5-7-21(18,19)9-10/h2-3,8,10H,4-7,9H2,1H3. The van der Waals surface area contributed by atoms with Crippen LogP contribution in [0.25, 0.3) is 11.0 Å². The largest absolute Gasteiger partial charge is 0.497 e. The van der Waals surface area contributed by atoms with Gasteiger partial charge in [0, 0.05) is 18.4 Å². The van der Waals surface area contributed by atoms with E-state index in [0.29, 0.717) is 18.7 Å². The number of sulfone groups is 1. The summed E-state index contributed by atoms with van der Waals surface area (Å²) >= 11 is 5.86. The van der Waals surface area contributed by atoms with Gasteiger partial charge < -0.3 is 9.30 Å². The molecule has 1 unspecified atom stereocenters. The van der Waals surface area contributed by atoms with Gasteiger partial charge in [0.25, 0.3) is 0 Å². The van der Waals surface area contributed by atoms with Gasteiger partial charge in [0.1, 0.15) is 11.6 Å². The van der Waals surface area contributed by atoms with Crippen molar-refractivity contribution in [2.75, 3.05) is 24.5 Å². The molecule has 114 valence electrons. The molecule has 0 radical (unpaired) electrons. The van der Waals surface area contributed by atoms with Crippen LogP contribution in [-0.2, 0) is 16.3 Å². The minimum atomic E-state index is -2.95. The molecular formula is C14H17ClN2O3S. The van der Waals surface area contributed by atoms with Gasteiger partial charge in [0.05, 0.1) is 35.7 Å². The number of ether oxygens (including phenoxy) is 1. The van der Waals surface area contributed by atoms with Crippen LogP contribution in [0.4, 0.5) is 0 Å². The van der Waals surface area contributed by atoms with Gasteiger partial charge in [-0.05, 0) is 18.6 Å². The lowest BCUT2D eigenvalue weighted by atomic mass is 10.2. The Morgan fingerprint density at radius 3 is 2.90 bits per heavy atom. The zero-order chi connectivity index (χ0) is 15.0. The van der Waals surface area contributed by atoms with Gasteiger partial charge in [-0.1, -0.05) is 0 Å². The third kappa shape index (κ3) is 2.74. The van der Waals surface area contributed by atoms with Gasteiger partial charge in [0.15, 0.2) is 9.84 Å². The van der Waals surface area contributed by atoms with Crippen LogP contribution < -0.4 is 4.74 Å². The molecular weight excluding hydrogens is 312 g/mol. The molecule has 0 aliphatic carbocycles. The molecule has 0 spiro atoms. The lowest BCUT2D eigenvalue weighted by molar-refractivity contribution is 0.415. The summed E-state index contributed by atoms with van der Waals surface area (Å²) in [4.78, 5) is 4.60. The maximum absolute atomic E-state index is 11.8. The quantitative estimate of drug-likeness (QED) is 0.807. The number of aryl methyl sites for hydroxylation is 1. The molecule has 0 amide bonds. The Balaban J connectivity index is 2.15. The number of rotatable bonds is 4. The first-order valence-electron chi connectivity index (χ1n) is 6.85. The zero-order valence-corrected chi connectivity index (χ0v) is 13.3. The minimum Gasteiger partial charge on any atom is -0.497 e. The van der Waals surface area contributed by atoms with Gasteiger partial charge >= 0.3 is 0 Å². The molecule has 0 bridgehead atoms. The van der Waals surface area contributed by atoms with E-state index in [9.17, 15) is 8.42 Å². The van der Waals surface area contributed by atoms with E-state index < -0.39 is 9.84 Å². The summed E-state index contributed by atoms with van der Waals surface area (Å²) in [6.07, 6.45) is 1.25. The highest BCUT2D eigenvalue weighted by molar-refractivity contribution is 7.91. The molecule has 2 heterocycles. The second-order valence-electron chi connectivity index (χ2n) is 5.25. The smallest absolute Gasteiger partial charge is 0.152 e. The second-order valence-corrected chi connectivity index (χ2v) is 7.86. The van der Waals surface area contributed by atoms with Crippen molar-refractivity contribution in [1.29, 1.82) is 0 Å². The number of nitrogens with zero attached hydrogens (tertiary/aromatic N) is 2. The molecule has 1 aliphatic rings. The number of alkyl halides is 1. The predicted molar refractivity (Wildman–Crippen MR) is 83.0 cm³/mol. The van der Waals surface area contributed by atoms with Crippen LogP contribution >= 0.6 is 11.6 Å². The van der Waals surface area contributed by atoms with Crippen molar-refractivity contribution >= 4 is 32.5 Å². The van der Waals surface area contributed by atoms with Gasteiger partial charge in [-0.25, -0.2) is 13.4 Å². The number of hydrogen-bond acceptors (Lipinski definition) is 4. The van der Waals surface area contributed by atoms with Crippen LogP contribution in [0, 0.1) is 0 Å². The van der Waals surface area contributed by atoms with Crippen LogP contribution in [-0.4, -0.2) is 42.5 Å². The summed E-state index contributed by atoms with van der Waals surface area (Å²) in [5.41, 5.74) is 1.76. The summed E-state index contributed by atoms with van der Waals surface area (Å²) in [5, 5.41) is 0. The third-order valence-corrected chi connectivity index (χ3v) is 5.80. The topological polar surface area (TPSA) is 61.2 Å². The summed E-state index contributed by atoms with van der Waals surface area (Å²) < 4.78 is 30.9. The van der Waals surface area contributed by atoms with Crippen LogP contribution in [0.15, 0.2) is 18.2 Å². The van der Waals surface area contributed by atoms with Crippen LogP contribution in [0.2, 0.25) is 0 Å². The van der Waals surface area contributed by atoms with Crippen molar-refractivity contribution in [3.63, 3.8) is 0 Å². The van der Waals surface area contributed by atoms with E-state index in [1.165, 1.54) is 0 Å². The maximum atomic E-state index is 11.8. The molecule has 2 aromatic rings. The Morgan fingerprint density at radius 2 is 2.29 bits per heavy atom. The number of benzene rings is 1. The van der Waals surface area contributed by atoms with E-state index in [-0.39, 0.29) is 17.5 Å². The van der Waals surface area contributed by atoms with E-state index in [4.69, 9.17) is 16.3 Å². The molecule has 1 fully saturated rings. The first-order valence-corrected chi connectivity index (χ1v) is 9.21. The van der Waals surface area contributed by atoms with Crippen molar-refractivity contribution in [3.8, 4) is 5.75 Å². The zero-order valence-electron chi connectivity index (χ0n) is 11.8. The summed E-state index contributed by atoms with van der Waals surface area (Å²) in [7, 11) is -1.34. The second kappa shape index (κ2) is 5.50. The summed E-state index contributed by atoms with van der Waals surface area (Å²) in [6.45, 7) is 0. The van der Waals surface area contributed by atoms with Gasteiger partial charge in [-0.3, -0.25) is 0 Å². The Labute approximate surface area is 128 Å². The third-order valence-electron chi connectivity index (χ3n) is 3.86. The highest BCUT2D eigenvalue weighted by Gasteiger charge is 2.31. The highest BCUT2D eigenvalue weighted by atomic mass is 35.5. The van der Waals surface area contributed by atoms with Crippen molar-refractivity contribution in [2.24, 2.45) is 0 Å². The normalized spacial score (nSPS) is 21.0. The summed E-state index contributed by atoms with van der Waals surface area (Å²) in [6, 6.07) is 5.59. The maximum Gasteiger partial charge on any atom is 0.152 e. The van der Waals surface area contributed by atoms with E-state index in [1.54, 1.807) is 7.11 Å². The molecule has 1 aromatic heterocycles. The first-order chi connectivity index (χ1) is 10.0. The molecule has 1 aliphatic heterocycles. The van der Waals surface area contributed by atoms with Crippen molar-refractivity contribution in [3.05, 3.63) is 24.0 Å². The van der Waals surface area contributed by atoms with Crippen molar-refractivity contribution < 1.29 is 13.2 Å². The molecule has 0 saturated carbocycles. The van der Waals surface area contributed by atoms with E-state index in [2.05, 4.69) is 4.98 Å². The van der Waals surface area contributed by atoms with Crippen LogP contribution in [0.5, 0.6) is 5.75 Å². The van der Waals surface area contributed by atoms with E-state index in [0.717, 1.165) is 22.6 Å². The molecule has 0 N–H and O–H groups in total. The van der Waals surface area contributed by atoms with Crippen molar-refractivity contribution in [2.45, 2.75) is 18.9 Å². The number of halogens is 1. The number of methoxy groups -OCH3 is 1.